The molecule has 0 radical (unpaired) electrons. The zero-order valence-electron chi connectivity index (χ0n) is 12.4. The lowest BCUT2D eigenvalue weighted by molar-refractivity contribution is 0.597. The third-order valence-corrected chi connectivity index (χ3v) is 4.59. The molecule has 0 saturated heterocycles. The predicted molar refractivity (Wildman–Crippen MR) is 85.8 cm³/mol. The molecule has 1 atom stereocenters. The molecule has 0 aliphatic carbocycles. The Hall–Kier alpha value is -1.85. The monoisotopic (exact) mass is 304 g/mol. The van der Waals surface area contributed by atoms with Crippen LogP contribution < -0.4 is 10.5 Å². The number of rotatable bonds is 4. The number of nitrogens with two attached hydrogens (primary N) is 1. The number of primary sulfonamides is 1. The largest absolute Gasteiger partial charge is 0.378 e. The fourth-order valence-electron chi connectivity index (χ4n) is 2.40. The van der Waals surface area contributed by atoms with E-state index in [9.17, 15) is 8.42 Å². The first-order chi connectivity index (χ1) is 9.79. The number of hydrogen-bond donors (Lipinski definition) is 2. The average Bonchev–Trinajstić information content (AvgIpc) is 2.40. The van der Waals surface area contributed by atoms with Crippen LogP contribution in [-0.2, 0) is 10.0 Å². The number of nitrogens with one attached hydrogen (secondary N) is 1. The van der Waals surface area contributed by atoms with Crippen molar-refractivity contribution in [1.82, 2.24) is 0 Å². The van der Waals surface area contributed by atoms with E-state index in [4.69, 9.17) is 5.14 Å². The first-order valence-electron chi connectivity index (χ1n) is 6.74. The number of aryl methyl sites for hydroxylation is 2. The van der Waals surface area contributed by atoms with Crippen LogP contribution in [0.4, 0.5) is 5.69 Å². The molecular formula is C16H20N2O2S. The number of sulfonamides is 1. The Labute approximate surface area is 126 Å². The molecule has 3 N–H and O–H groups in total. The van der Waals surface area contributed by atoms with Crippen molar-refractivity contribution < 1.29 is 8.42 Å². The molecule has 0 amide bonds. The van der Waals surface area contributed by atoms with Gasteiger partial charge in [-0.25, -0.2) is 13.6 Å². The molecule has 21 heavy (non-hydrogen) atoms. The van der Waals surface area contributed by atoms with Gasteiger partial charge in [0, 0.05) is 11.7 Å². The van der Waals surface area contributed by atoms with Crippen molar-refractivity contribution in [3.05, 3.63) is 59.2 Å². The van der Waals surface area contributed by atoms with Crippen molar-refractivity contribution in [2.24, 2.45) is 5.14 Å². The summed E-state index contributed by atoms with van der Waals surface area (Å²) in [5.74, 6) is 0. The molecule has 1 unspecified atom stereocenters. The van der Waals surface area contributed by atoms with Crippen molar-refractivity contribution in [1.29, 1.82) is 0 Å². The van der Waals surface area contributed by atoms with Crippen molar-refractivity contribution in [3.8, 4) is 0 Å². The van der Waals surface area contributed by atoms with Gasteiger partial charge >= 0.3 is 0 Å². The molecule has 2 aromatic rings. The molecule has 0 bridgehead atoms. The molecule has 0 fully saturated rings. The van der Waals surface area contributed by atoms with Gasteiger partial charge in [0.2, 0.25) is 10.0 Å². The van der Waals surface area contributed by atoms with Crippen molar-refractivity contribution in [3.63, 3.8) is 0 Å². The quantitative estimate of drug-likeness (QED) is 0.911. The Balaban J connectivity index is 2.31. The van der Waals surface area contributed by atoms with Gasteiger partial charge in [-0.3, -0.25) is 0 Å². The molecule has 0 spiro atoms. The molecule has 0 aliphatic heterocycles. The van der Waals surface area contributed by atoms with Gasteiger partial charge in [0.15, 0.2) is 0 Å². The Kier molecular flexibility index (Phi) is 4.34. The van der Waals surface area contributed by atoms with Gasteiger partial charge in [0.25, 0.3) is 0 Å². The summed E-state index contributed by atoms with van der Waals surface area (Å²) in [5.41, 5.74) is 3.75. The number of benzene rings is 2. The van der Waals surface area contributed by atoms with E-state index in [1.165, 1.54) is 11.1 Å². The molecule has 5 heteroatoms. The third kappa shape index (κ3) is 3.62. The maximum atomic E-state index is 11.6. The Morgan fingerprint density at radius 2 is 1.71 bits per heavy atom. The van der Waals surface area contributed by atoms with Gasteiger partial charge in [0.05, 0.1) is 4.90 Å². The summed E-state index contributed by atoms with van der Waals surface area (Å²) in [6.07, 6.45) is 0. The zero-order valence-corrected chi connectivity index (χ0v) is 13.2. The fourth-order valence-corrected chi connectivity index (χ4v) is 3.20. The molecule has 2 aromatic carbocycles. The van der Waals surface area contributed by atoms with E-state index in [2.05, 4.69) is 24.4 Å². The van der Waals surface area contributed by atoms with Crippen LogP contribution in [0, 0.1) is 13.8 Å². The smallest absolute Gasteiger partial charge is 0.238 e. The van der Waals surface area contributed by atoms with Crippen molar-refractivity contribution in [2.45, 2.75) is 31.7 Å². The van der Waals surface area contributed by atoms with Gasteiger partial charge in [-0.05, 0) is 49.6 Å². The maximum Gasteiger partial charge on any atom is 0.238 e. The molecule has 4 nitrogen and oxygen atoms in total. The highest BCUT2D eigenvalue weighted by molar-refractivity contribution is 7.89. The molecule has 0 saturated carbocycles. The molecule has 0 aromatic heterocycles. The third-order valence-electron chi connectivity index (χ3n) is 3.53. The van der Waals surface area contributed by atoms with Crippen LogP contribution in [0.3, 0.4) is 0 Å². The van der Waals surface area contributed by atoms with Crippen molar-refractivity contribution >= 4 is 15.7 Å². The average molecular weight is 304 g/mol. The molecular weight excluding hydrogens is 284 g/mol. The van der Waals surface area contributed by atoms with Gasteiger partial charge in [0.1, 0.15) is 0 Å². The van der Waals surface area contributed by atoms with Gasteiger partial charge in [-0.1, -0.05) is 30.3 Å². The van der Waals surface area contributed by atoms with E-state index in [1.54, 1.807) is 19.1 Å². The van der Waals surface area contributed by atoms with E-state index in [-0.39, 0.29) is 10.9 Å². The highest BCUT2D eigenvalue weighted by Gasteiger charge is 2.14. The second-order valence-electron chi connectivity index (χ2n) is 5.25. The highest BCUT2D eigenvalue weighted by Crippen LogP contribution is 2.24. The lowest BCUT2D eigenvalue weighted by Crippen LogP contribution is -2.15. The highest BCUT2D eigenvalue weighted by atomic mass is 32.2. The number of hydrogen-bond acceptors (Lipinski definition) is 3. The molecule has 112 valence electrons. The fraction of sp³-hybridized carbons (Fsp3) is 0.250. The second kappa shape index (κ2) is 5.87. The lowest BCUT2D eigenvalue weighted by atomic mass is 10.0. The summed E-state index contributed by atoms with van der Waals surface area (Å²) in [5, 5.41) is 8.56. The predicted octanol–water partition coefficient (Wildman–Crippen LogP) is 3.12. The van der Waals surface area contributed by atoms with Crippen LogP contribution in [-0.4, -0.2) is 8.42 Å². The molecule has 0 aliphatic rings. The SMILES string of the molecule is Cc1ccccc1C(C)Nc1ccc(C)c(S(N)(=O)=O)c1. The second-order valence-corrected chi connectivity index (χ2v) is 6.78. The van der Waals surface area contributed by atoms with Crippen LogP contribution in [0.1, 0.15) is 29.7 Å². The minimum absolute atomic E-state index is 0.0715. The summed E-state index contributed by atoms with van der Waals surface area (Å²) in [6.45, 7) is 5.82. The van der Waals surface area contributed by atoms with Gasteiger partial charge in [-0.2, -0.15) is 0 Å². The normalized spacial score (nSPS) is 13.0. The van der Waals surface area contributed by atoms with Crippen LogP contribution >= 0.6 is 0 Å². The summed E-state index contributed by atoms with van der Waals surface area (Å²) in [7, 11) is -3.70. The van der Waals surface area contributed by atoms with Crippen LogP contribution in [0.2, 0.25) is 0 Å². The first kappa shape index (κ1) is 15.5. The van der Waals surface area contributed by atoms with E-state index >= 15 is 0 Å². The summed E-state index contributed by atoms with van der Waals surface area (Å²) in [6, 6.07) is 13.4. The Bertz CT molecular complexity index is 755. The maximum absolute atomic E-state index is 11.6. The summed E-state index contributed by atoms with van der Waals surface area (Å²) in [4.78, 5) is 0.157. The molecule has 0 heterocycles. The first-order valence-corrected chi connectivity index (χ1v) is 8.29. The van der Waals surface area contributed by atoms with Crippen LogP contribution in [0.15, 0.2) is 47.4 Å². The molecule has 2 rings (SSSR count). The van der Waals surface area contributed by atoms with E-state index in [0.29, 0.717) is 5.56 Å². The minimum Gasteiger partial charge on any atom is -0.378 e. The lowest BCUT2D eigenvalue weighted by Gasteiger charge is -2.18. The number of anilines is 1. The van der Waals surface area contributed by atoms with Crippen LogP contribution in [0.5, 0.6) is 0 Å². The Morgan fingerprint density at radius 3 is 2.33 bits per heavy atom. The standard InChI is InChI=1S/C16H20N2O2S/c1-11-6-4-5-7-15(11)13(3)18-14-9-8-12(2)16(10-14)21(17,19)20/h4-10,13,18H,1-3H3,(H2,17,19,20). The topological polar surface area (TPSA) is 72.2 Å². The van der Waals surface area contributed by atoms with Crippen molar-refractivity contribution in [2.75, 3.05) is 5.32 Å². The Morgan fingerprint density at radius 1 is 1.05 bits per heavy atom. The zero-order chi connectivity index (χ0) is 15.6. The minimum atomic E-state index is -3.70. The van der Waals surface area contributed by atoms with Gasteiger partial charge in [-0.15, -0.1) is 0 Å². The van der Waals surface area contributed by atoms with E-state index in [1.807, 2.05) is 25.1 Å². The van der Waals surface area contributed by atoms with Crippen LogP contribution in [0.25, 0.3) is 0 Å². The van der Waals surface area contributed by atoms with Gasteiger partial charge < -0.3 is 5.32 Å². The van der Waals surface area contributed by atoms with E-state index < -0.39 is 10.0 Å². The summed E-state index contributed by atoms with van der Waals surface area (Å²) >= 11 is 0. The summed E-state index contributed by atoms with van der Waals surface area (Å²) < 4.78 is 23.1. The van der Waals surface area contributed by atoms with E-state index in [0.717, 1.165) is 5.69 Å².